The van der Waals surface area contributed by atoms with Crippen LogP contribution < -0.4 is 10.1 Å². The molecule has 1 saturated carbocycles. The zero-order valence-electron chi connectivity index (χ0n) is 18.1. The second kappa shape index (κ2) is 9.46. The van der Waals surface area contributed by atoms with E-state index in [1.807, 2.05) is 50.4 Å². The number of carbonyl (C=O) groups excluding carboxylic acids is 1. The normalized spacial score (nSPS) is 19.7. The number of rotatable bonds is 6. The fraction of sp³-hybridized carbons (Fsp3) is 0.385. The van der Waals surface area contributed by atoms with E-state index in [0.717, 1.165) is 48.0 Å². The van der Waals surface area contributed by atoms with Crippen LogP contribution >= 0.6 is 0 Å². The topological polar surface area (TPSA) is 51.2 Å². The number of ether oxygens (including phenoxy) is 1. The lowest BCUT2D eigenvalue weighted by Gasteiger charge is -2.32. The third-order valence-electron chi connectivity index (χ3n) is 6.50. The van der Waals surface area contributed by atoms with E-state index in [0.29, 0.717) is 18.4 Å². The molecule has 1 amide bonds. The van der Waals surface area contributed by atoms with Crippen molar-refractivity contribution < 1.29 is 13.9 Å². The van der Waals surface area contributed by atoms with E-state index in [1.165, 1.54) is 11.6 Å². The van der Waals surface area contributed by atoms with E-state index in [2.05, 4.69) is 10.3 Å². The fourth-order valence-electron chi connectivity index (χ4n) is 4.70. The summed E-state index contributed by atoms with van der Waals surface area (Å²) < 4.78 is 19.3. The number of pyridine rings is 1. The van der Waals surface area contributed by atoms with Gasteiger partial charge in [-0.1, -0.05) is 6.92 Å². The number of hydrogen-bond acceptors (Lipinski definition) is 3. The molecule has 0 bridgehead atoms. The van der Waals surface area contributed by atoms with E-state index in [1.54, 1.807) is 12.1 Å². The molecule has 5 heteroatoms. The van der Waals surface area contributed by atoms with E-state index in [4.69, 9.17) is 4.74 Å². The first kappa shape index (κ1) is 21.3. The summed E-state index contributed by atoms with van der Waals surface area (Å²) in [5.41, 5.74) is 2.80. The Morgan fingerprint density at radius 2 is 1.87 bits per heavy atom. The number of hydrogen-bond donors (Lipinski definition) is 1. The fourth-order valence-corrected chi connectivity index (χ4v) is 4.70. The van der Waals surface area contributed by atoms with Crippen LogP contribution in [0.25, 0.3) is 10.9 Å². The maximum atomic E-state index is 13.8. The third kappa shape index (κ3) is 4.87. The smallest absolute Gasteiger partial charge is 0.227 e. The van der Waals surface area contributed by atoms with Crippen LogP contribution in [0.2, 0.25) is 0 Å². The Morgan fingerprint density at radius 3 is 2.58 bits per heavy atom. The van der Waals surface area contributed by atoms with Crippen molar-refractivity contribution in [3.05, 3.63) is 66.1 Å². The highest BCUT2D eigenvalue weighted by Crippen LogP contribution is 2.41. The van der Waals surface area contributed by atoms with Crippen LogP contribution in [-0.2, 0) is 4.79 Å². The monoisotopic (exact) mass is 420 g/mol. The van der Waals surface area contributed by atoms with E-state index in [-0.39, 0.29) is 17.6 Å². The summed E-state index contributed by atoms with van der Waals surface area (Å²) in [5, 5.41) is 3.95. The lowest BCUT2D eigenvalue weighted by Crippen LogP contribution is -2.29. The van der Waals surface area contributed by atoms with Crippen molar-refractivity contribution in [3.8, 4) is 5.75 Å². The number of halogens is 1. The second-order valence-electron chi connectivity index (χ2n) is 8.41. The lowest BCUT2D eigenvalue weighted by atomic mass is 9.73. The third-order valence-corrected chi connectivity index (χ3v) is 6.50. The summed E-state index contributed by atoms with van der Waals surface area (Å²) in [5.74, 6) is 1.31. The van der Waals surface area contributed by atoms with Crippen molar-refractivity contribution in [2.45, 2.75) is 45.4 Å². The van der Waals surface area contributed by atoms with Gasteiger partial charge in [-0.2, -0.15) is 0 Å². The maximum absolute atomic E-state index is 13.8. The largest absolute Gasteiger partial charge is 0.494 e. The first-order valence-corrected chi connectivity index (χ1v) is 11.1. The van der Waals surface area contributed by atoms with Crippen LogP contribution in [0.3, 0.4) is 0 Å². The van der Waals surface area contributed by atoms with Gasteiger partial charge >= 0.3 is 0 Å². The lowest BCUT2D eigenvalue weighted by molar-refractivity contribution is -0.121. The predicted octanol–water partition coefficient (Wildman–Crippen LogP) is 6.32. The van der Waals surface area contributed by atoms with Gasteiger partial charge in [0, 0.05) is 23.2 Å². The molecule has 1 heterocycles. The molecule has 0 aliphatic heterocycles. The quantitative estimate of drug-likeness (QED) is 0.508. The summed E-state index contributed by atoms with van der Waals surface area (Å²) in [4.78, 5) is 17.2. The molecule has 0 radical (unpaired) electrons. The average Bonchev–Trinajstić information content (AvgIpc) is 2.80. The molecule has 2 aromatic carbocycles. The summed E-state index contributed by atoms with van der Waals surface area (Å²) >= 11 is 0. The molecule has 0 spiro atoms. The second-order valence-corrected chi connectivity index (χ2v) is 8.41. The number of aromatic nitrogens is 1. The molecule has 1 aliphatic carbocycles. The number of nitrogens with one attached hydrogen (secondary N) is 1. The Bertz CT molecular complexity index is 1040. The first-order valence-electron chi connectivity index (χ1n) is 11.1. The SMILES string of the molecule is CCOc1ccc(NC(=O)[C@H](C)[C@H]2CC[C@@H](c3ccnc4ccc(F)cc43)CC2)cc1. The van der Waals surface area contributed by atoms with Gasteiger partial charge in [-0.25, -0.2) is 4.39 Å². The zero-order chi connectivity index (χ0) is 21.8. The van der Waals surface area contributed by atoms with Crippen LogP contribution in [0.1, 0.15) is 51.0 Å². The van der Waals surface area contributed by atoms with Crippen LogP contribution in [0.4, 0.5) is 10.1 Å². The van der Waals surface area contributed by atoms with Gasteiger partial charge in [0.2, 0.25) is 5.91 Å². The average molecular weight is 421 g/mol. The van der Waals surface area contributed by atoms with Crippen molar-refractivity contribution in [2.75, 3.05) is 11.9 Å². The predicted molar refractivity (Wildman–Crippen MR) is 122 cm³/mol. The Labute approximate surface area is 182 Å². The molecule has 1 atom stereocenters. The molecule has 0 saturated heterocycles. The number of amides is 1. The number of nitrogens with zero attached hydrogens (tertiary/aromatic N) is 1. The number of carbonyl (C=O) groups is 1. The molecule has 1 fully saturated rings. The minimum atomic E-state index is -0.227. The Morgan fingerprint density at radius 1 is 1.13 bits per heavy atom. The van der Waals surface area contributed by atoms with Gasteiger partial charge in [-0.05, 0) is 98.5 Å². The van der Waals surface area contributed by atoms with Crippen LogP contribution in [0.15, 0.2) is 54.7 Å². The van der Waals surface area contributed by atoms with Crippen molar-refractivity contribution >= 4 is 22.5 Å². The molecule has 4 nitrogen and oxygen atoms in total. The molecule has 31 heavy (non-hydrogen) atoms. The van der Waals surface area contributed by atoms with Gasteiger partial charge in [-0.3, -0.25) is 9.78 Å². The van der Waals surface area contributed by atoms with Crippen molar-refractivity contribution in [3.63, 3.8) is 0 Å². The molecule has 0 unspecified atom stereocenters. The molecule has 4 rings (SSSR count). The van der Waals surface area contributed by atoms with Gasteiger partial charge in [-0.15, -0.1) is 0 Å². The standard InChI is InChI=1S/C26H29FN2O2/c1-3-31-22-11-9-21(10-12-22)29-26(30)17(2)18-4-6-19(7-5-18)23-14-15-28-25-13-8-20(27)16-24(23)25/h8-19H,3-7H2,1-2H3,(H,29,30)/t17-,18-,19+/m1/s1. The van der Waals surface area contributed by atoms with Crippen LogP contribution in [0.5, 0.6) is 5.75 Å². The van der Waals surface area contributed by atoms with Crippen LogP contribution in [0, 0.1) is 17.7 Å². The Balaban J connectivity index is 1.37. The number of benzene rings is 2. The summed E-state index contributed by atoms with van der Waals surface area (Å²) in [7, 11) is 0. The molecular weight excluding hydrogens is 391 g/mol. The highest BCUT2D eigenvalue weighted by molar-refractivity contribution is 5.92. The highest BCUT2D eigenvalue weighted by atomic mass is 19.1. The summed E-state index contributed by atoms with van der Waals surface area (Å²) in [6, 6.07) is 14.3. The van der Waals surface area contributed by atoms with Crippen molar-refractivity contribution in [2.24, 2.45) is 11.8 Å². The first-order chi connectivity index (χ1) is 15.0. The zero-order valence-corrected chi connectivity index (χ0v) is 18.1. The Hall–Kier alpha value is -2.95. The van der Waals surface area contributed by atoms with Crippen LogP contribution in [-0.4, -0.2) is 17.5 Å². The van der Waals surface area contributed by atoms with Gasteiger partial charge in [0.15, 0.2) is 0 Å². The molecule has 1 aliphatic rings. The number of fused-ring (bicyclic) bond motifs is 1. The minimum Gasteiger partial charge on any atom is -0.494 e. The van der Waals surface area contributed by atoms with Gasteiger partial charge in [0.05, 0.1) is 12.1 Å². The van der Waals surface area contributed by atoms with Crippen molar-refractivity contribution in [1.29, 1.82) is 0 Å². The van der Waals surface area contributed by atoms with E-state index >= 15 is 0 Å². The molecule has 3 aromatic rings. The summed E-state index contributed by atoms with van der Waals surface area (Å²) in [6.45, 7) is 4.59. The maximum Gasteiger partial charge on any atom is 0.227 e. The Kier molecular flexibility index (Phi) is 6.50. The van der Waals surface area contributed by atoms with E-state index < -0.39 is 0 Å². The van der Waals surface area contributed by atoms with Gasteiger partial charge < -0.3 is 10.1 Å². The summed E-state index contributed by atoms with van der Waals surface area (Å²) in [6.07, 6.45) is 5.79. The number of anilines is 1. The minimum absolute atomic E-state index is 0.0563. The molecule has 1 aromatic heterocycles. The van der Waals surface area contributed by atoms with E-state index in [9.17, 15) is 9.18 Å². The van der Waals surface area contributed by atoms with Crippen molar-refractivity contribution in [1.82, 2.24) is 4.98 Å². The molecular formula is C26H29FN2O2. The van der Waals surface area contributed by atoms with Gasteiger partial charge in [0.25, 0.3) is 0 Å². The van der Waals surface area contributed by atoms with Gasteiger partial charge in [0.1, 0.15) is 11.6 Å². The molecule has 1 N–H and O–H groups in total. The highest BCUT2D eigenvalue weighted by Gasteiger charge is 2.30. The molecule has 162 valence electrons.